The van der Waals surface area contributed by atoms with Gasteiger partial charge in [-0.15, -0.1) is 0 Å². The lowest BCUT2D eigenvalue weighted by Crippen LogP contribution is -2.42. The van der Waals surface area contributed by atoms with Gasteiger partial charge < -0.3 is 15.3 Å². The molecule has 1 atom stereocenters. The van der Waals surface area contributed by atoms with Crippen LogP contribution >= 0.6 is 0 Å². The zero-order valence-corrected chi connectivity index (χ0v) is 7.10. The Morgan fingerprint density at radius 1 is 1.33 bits per heavy atom. The first-order chi connectivity index (χ1) is 5.63. The number of aliphatic hydroxyl groups is 2. The SMILES string of the molecule is C[C@@H](C(=O)O)N(CCO)CCO. The maximum atomic E-state index is 10.5. The van der Waals surface area contributed by atoms with Gasteiger partial charge in [-0.25, -0.2) is 0 Å². The molecule has 0 saturated carbocycles. The van der Waals surface area contributed by atoms with Gasteiger partial charge in [0.1, 0.15) is 6.04 Å². The van der Waals surface area contributed by atoms with Crippen LogP contribution in [0.2, 0.25) is 0 Å². The Bertz CT molecular complexity index is 133. The third-order valence-electron chi connectivity index (χ3n) is 1.68. The van der Waals surface area contributed by atoms with Crippen molar-refractivity contribution in [2.24, 2.45) is 0 Å². The Hall–Kier alpha value is -0.650. The number of nitrogens with zero attached hydrogens (tertiary/aromatic N) is 1. The summed E-state index contributed by atoms with van der Waals surface area (Å²) >= 11 is 0. The van der Waals surface area contributed by atoms with Crippen LogP contribution < -0.4 is 0 Å². The highest BCUT2D eigenvalue weighted by Crippen LogP contribution is 1.97. The Balaban J connectivity index is 3.98. The lowest BCUT2D eigenvalue weighted by Gasteiger charge is -2.23. The molecule has 5 nitrogen and oxygen atoms in total. The number of hydrogen-bond acceptors (Lipinski definition) is 4. The van der Waals surface area contributed by atoms with Gasteiger partial charge in [-0.05, 0) is 6.92 Å². The molecular formula is C7H15NO4. The maximum absolute atomic E-state index is 10.5. The Morgan fingerprint density at radius 2 is 1.75 bits per heavy atom. The molecule has 0 fully saturated rings. The van der Waals surface area contributed by atoms with Crippen LogP contribution in [0.3, 0.4) is 0 Å². The third-order valence-corrected chi connectivity index (χ3v) is 1.68. The zero-order chi connectivity index (χ0) is 9.56. The third kappa shape index (κ3) is 3.66. The molecule has 0 amide bonds. The van der Waals surface area contributed by atoms with Crippen LogP contribution in [-0.2, 0) is 4.79 Å². The molecule has 0 radical (unpaired) electrons. The summed E-state index contributed by atoms with van der Waals surface area (Å²) in [6.07, 6.45) is 0. The lowest BCUT2D eigenvalue weighted by atomic mass is 10.3. The van der Waals surface area contributed by atoms with E-state index in [1.165, 1.54) is 11.8 Å². The van der Waals surface area contributed by atoms with Gasteiger partial charge in [0.25, 0.3) is 0 Å². The summed E-state index contributed by atoms with van der Waals surface area (Å²) < 4.78 is 0. The lowest BCUT2D eigenvalue weighted by molar-refractivity contribution is -0.142. The maximum Gasteiger partial charge on any atom is 0.320 e. The van der Waals surface area contributed by atoms with Crippen molar-refractivity contribution in [1.29, 1.82) is 0 Å². The Morgan fingerprint density at radius 3 is 2.00 bits per heavy atom. The van der Waals surface area contributed by atoms with E-state index in [4.69, 9.17) is 15.3 Å². The van der Waals surface area contributed by atoms with Crippen molar-refractivity contribution in [2.75, 3.05) is 26.3 Å². The van der Waals surface area contributed by atoms with Crippen molar-refractivity contribution in [3.8, 4) is 0 Å². The van der Waals surface area contributed by atoms with Crippen molar-refractivity contribution in [1.82, 2.24) is 4.90 Å². The summed E-state index contributed by atoms with van der Waals surface area (Å²) in [5.41, 5.74) is 0. The molecule has 12 heavy (non-hydrogen) atoms. The van der Waals surface area contributed by atoms with Crippen molar-refractivity contribution in [3.05, 3.63) is 0 Å². The highest BCUT2D eigenvalue weighted by molar-refractivity contribution is 5.72. The average Bonchev–Trinajstić information content (AvgIpc) is 2.03. The number of carboxylic acid groups (broad SMARTS) is 1. The average molecular weight is 177 g/mol. The number of aliphatic hydroxyl groups excluding tert-OH is 2. The minimum Gasteiger partial charge on any atom is -0.480 e. The van der Waals surface area contributed by atoms with Gasteiger partial charge in [-0.3, -0.25) is 9.69 Å². The van der Waals surface area contributed by atoms with Crippen molar-refractivity contribution in [3.63, 3.8) is 0 Å². The summed E-state index contributed by atoms with van der Waals surface area (Å²) in [6, 6.07) is -0.663. The van der Waals surface area contributed by atoms with E-state index in [1.807, 2.05) is 0 Å². The van der Waals surface area contributed by atoms with Gasteiger partial charge in [-0.2, -0.15) is 0 Å². The van der Waals surface area contributed by atoms with E-state index in [-0.39, 0.29) is 26.3 Å². The van der Waals surface area contributed by atoms with Gasteiger partial charge in [0, 0.05) is 13.1 Å². The largest absolute Gasteiger partial charge is 0.480 e. The standard InChI is InChI=1S/C7H15NO4/c1-6(7(11)12)8(2-4-9)3-5-10/h6,9-10H,2-5H2,1H3,(H,11,12)/t6-/m0/s1. The van der Waals surface area contributed by atoms with Crippen molar-refractivity contribution >= 4 is 5.97 Å². The number of hydrogen-bond donors (Lipinski definition) is 3. The van der Waals surface area contributed by atoms with Gasteiger partial charge in [0.05, 0.1) is 13.2 Å². The molecule has 0 unspecified atom stereocenters. The minimum absolute atomic E-state index is 0.0996. The molecule has 0 aliphatic carbocycles. The number of carboxylic acids is 1. The Kier molecular flexibility index (Phi) is 5.61. The molecule has 0 aromatic rings. The molecule has 0 aliphatic rings. The van der Waals surface area contributed by atoms with E-state index in [9.17, 15) is 4.79 Å². The van der Waals surface area contributed by atoms with Gasteiger partial charge in [0.2, 0.25) is 0 Å². The van der Waals surface area contributed by atoms with Gasteiger partial charge in [0.15, 0.2) is 0 Å². The van der Waals surface area contributed by atoms with Crippen molar-refractivity contribution in [2.45, 2.75) is 13.0 Å². The van der Waals surface area contributed by atoms with Crippen LogP contribution in [0.5, 0.6) is 0 Å². The molecule has 0 aliphatic heterocycles. The topological polar surface area (TPSA) is 81.0 Å². The fourth-order valence-corrected chi connectivity index (χ4v) is 0.912. The fraction of sp³-hybridized carbons (Fsp3) is 0.857. The first-order valence-corrected chi connectivity index (χ1v) is 3.82. The Labute approximate surface area is 71.2 Å². The molecule has 72 valence electrons. The second-order valence-corrected chi connectivity index (χ2v) is 2.50. The van der Waals surface area contributed by atoms with Crippen molar-refractivity contribution < 1.29 is 20.1 Å². The number of carbonyl (C=O) groups is 1. The van der Waals surface area contributed by atoms with Gasteiger partial charge >= 0.3 is 5.97 Å². The molecule has 0 aromatic heterocycles. The molecular weight excluding hydrogens is 162 g/mol. The normalized spacial score (nSPS) is 13.3. The monoisotopic (exact) mass is 177 g/mol. The minimum atomic E-state index is -0.947. The first-order valence-electron chi connectivity index (χ1n) is 3.82. The second kappa shape index (κ2) is 5.93. The second-order valence-electron chi connectivity index (χ2n) is 2.50. The van der Waals surface area contributed by atoms with Crippen LogP contribution in [-0.4, -0.2) is 58.5 Å². The molecule has 3 N–H and O–H groups in total. The first kappa shape index (κ1) is 11.4. The highest BCUT2D eigenvalue weighted by Gasteiger charge is 2.18. The van der Waals surface area contributed by atoms with E-state index in [2.05, 4.69) is 0 Å². The van der Waals surface area contributed by atoms with E-state index < -0.39 is 12.0 Å². The molecule has 0 spiro atoms. The summed E-state index contributed by atoms with van der Waals surface area (Å²) in [6.45, 7) is 1.87. The molecule has 0 heterocycles. The van der Waals surface area contributed by atoms with Crippen LogP contribution in [0.15, 0.2) is 0 Å². The smallest absolute Gasteiger partial charge is 0.320 e. The predicted octanol–water partition coefficient (Wildman–Crippen LogP) is -1.25. The van der Waals surface area contributed by atoms with E-state index in [0.29, 0.717) is 0 Å². The highest BCUT2D eigenvalue weighted by atomic mass is 16.4. The zero-order valence-electron chi connectivity index (χ0n) is 7.10. The van der Waals surface area contributed by atoms with E-state index in [1.54, 1.807) is 0 Å². The van der Waals surface area contributed by atoms with E-state index in [0.717, 1.165) is 0 Å². The molecule has 0 aromatic carbocycles. The quantitative estimate of drug-likeness (QED) is 0.472. The molecule has 0 bridgehead atoms. The van der Waals surface area contributed by atoms with Crippen LogP contribution in [0.1, 0.15) is 6.92 Å². The van der Waals surface area contributed by atoms with Crippen LogP contribution in [0.4, 0.5) is 0 Å². The van der Waals surface area contributed by atoms with Crippen LogP contribution in [0.25, 0.3) is 0 Å². The number of aliphatic carboxylic acids is 1. The molecule has 5 heteroatoms. The molecule has 0 saturated heterocycles. The predicted molar refractivity (Wildman–Crippen MR) is 42.8 cm³/mol. The molecule has 0 rings (SSSR count). The summed E-state index contributed by atoms with van der Waals surface area (Å²) in [5.74, 6) is -0.947. The van der Waals surface area contributed by atoms with Gasteiger partial charge in [-0.1, -0.05) is 0 Å². The van der Waals surface area contributed by atoms with Crippen LogP contribution in [0, 0.1) is 0 Å². The summed E-state index contributed by atoms with van der Waals surface area (Å²) in [4.78, 5) is 12.0. The van der Waals surface area contributed by atoms with E-state index >= 15 is 0 Å². The fourth-order valence-electron chi connectivity index (χ4n) is 0.912. The summed E-state index contributed by atoms with van der Waals surface area (Å²) in [5, 5.41) is 25.8. The summed E-state index contributed by atoms with van der Waals surface area (Å²) in [7, 11) is 0. The number of rotatable bonds is 6.